The largest absolute Gasteiger partial charge is 0.465 e. The van der Waals surface area contributed by atoms with Crippen LogP contribution in [-0.4, -0.2) is 28.2 Å². The summed E-state index contributed by atoms with van der Waals surface area (Å²) in [7, 11) is 0. The van der Waals surface area contributed by atoms with Crippen LogP contribution in [0.3, 0.4) is 0 Å². The summed E-state index contributed by atoms with van der Waals surface area (Å²) in [5, 5.41) is 7.45. The van der Waals surface area contributed by atoms with E-state index in [9.17, 15) is 0 Å². The number of nitrogens with one attached hydrogen (secondary N) is 1. The van der Waals surface area contributed by atoms with E-state index in [-0.39, 0.29) is 0 Å². The number of H-pyrrole nitrogens is 1. The smallest absolute Gasteiger partial charge is 0.118 e. The average Bonchev–Trinajstić information content (AvgIpc) is 3.15. The number of rotatable bonds is 5. The van der Waals surface area contributed by atoms with Crippen molar-refractivity contribution in [1.29, 1.82) is 0 Å². The van der Waals surface area contributed by atoms with E-state index >= 15 is 0 Å². The summed E-state index contributed by atoms with van der Waals surface area (Å²) >= 11 is 0. The number of hydrogen-bond donors (Lipinski definition) is 1. The van der Waals surface area contributed by atoms with Crippen molar-refractivity contribution < 1.29 is 4.42 Å². The number of aryl methyl sites for hydroxylation is 2. The Morgan fingerprint density at radius 2 is 2.14 bits per heavy atom. The molecule has 2 aromatic heterocycles. The van der Waals surface area contributed by atoms with Crippen molar-refractivity contribution in [2.45, 2.75) is 52.0 Å². The summed E-state index contributed by atoms with van der Waals surface area (Å²) in [6.07, 6.45) is 6.50. The summed E-state index contributed by atoms with van der Waals surface area (Å²) in [4.78, 5) is 2.51. The van der Waals surface area contributed by atoms with Gasteiger partial charge in [-0.25, -0.2) is 0 Å². The third kappa shape index (κ3) is 3.21. The second kappa shape index (κ2) is 6.48. The zero-order valence-electron chi connectivity index (χ0n) is 13.1. The number of piperidine rings is 1. The van der Waals surface area contributed by atoms with Gasteiger partial charge in [0.1, 0.15) is 11.5 Å². The van der Waals surface area contributed by atoms with E-state index in [1.807, 2.05) is 6.20 Å². The normalized spacial score (nSPS) is 20.0. The van der Waals surface area contributed by atoms with E-state index in [1.54, 1.807) is 0 Å². The van der Waals surface area contributed by atoms with Crippen LogP contribution < -0.4 is 0 Å². The van der Waals surface area contributed by atoms with Crippen molar-refractivity contribution in [3.8, 4) is 0 Å². The van der Waals surface area contributed by atoms with Crippen molar-refractivity contribution in [1.82, 2.24) is 15.1 Å². The van der Waals surface area contributed by atoms with E-state index in [0.717, 1.165) is 44.0 Å². The molecule has 1 N–H and O–H groups in total. The average molecular weight is 287 g/mol. The second-order valence-electron chi connectivity index (χ2n) is 5.96. The predicted octanol–water partition coefficient (Wildman–Crippen LogP) is 3.51. The minimum absolute atomic E-state index is 0.580. The summed E-state index contributed by atoms with van der Waals surface area (Å²) in [6.45, 7) is 7.51. The maximum atomic E-state index is 5.84. The molecule has 2 aromatic rings. The Kier molecular flexibility index (Phi) is 4.44. The standard InChI is InChI=1S/C17H25N3O/c1-3-13-10-18-19-17(13)14-6-5-9-20(11-14)12-16-8-7-15(4-2)21-16/h7-8,10,14H,3-6,9,11-12H2,1-2H3,(H,18,19)/t14-/m0/s1. The lowest BCUT2D eigenvalue weighted by atomic mass is 9.92. The first-order valence-electron chi connectivity index (χ1n) is 8.12. The van der Waals surface area contributed by atoms with Gasteiger partial charge >= 0.3 is 0 Å². The van der Waals surface area contributed by atoms with E-state index in [4.69, 9.17) is 4.42 Å². The lowest BCUT2D eigenvalue weighted by molar-refractivity contribution is 0.184. The SMILES string of the molecule is CCc1ccc(CN2CCC[C@H](c3[nH]ncc3CC)C2)o1. The molecule has 1 atom stereocenters. The van der Waals surface area contributed by atoms with Crippen LogP contribution in [0.25, 0.3) is 0 Å². The van der Waals surface area contributed by atoms with Crippen molar-refractivity contribution in [2.24, 2.45) is 0 Å². The van der Waals surface area contributed by atoms with Crippen LogP contribution in [0.1, 0.15) is 55.4 Å². The molecule has 1 aliphatic heterocycles. The van der Waals surface area contributed by atoms with Crippen molar-refractivity contribution in [3.05, 3.63) is 41.1 Å². The number of hydrogen-bond acceptors (Lipinski definition) is 3. The van der Waals surface area contributed by atoms with Crippen LogP contribution in [-0.2, 0) is 19.4 Å². The zero-order chi connectivity index (χ0) is 14.7. The molecule has 0 saturated carbocycles. The lowest BCUT2D eigenvalue weighted by Crippen LogP contribution is -2.34. The Morgan fingerprint density at radius 1 is 1.29 bits per heavy atom. The highest BCUT2D eigenvalue weighted by Gasteiger charge is 2.24. The van der Waals surface area contributed by atoms with Gasteiger partial charge in [-0.15, -0.1) is 0 Å². The van der Waals surface area contributed by atoms with E-state index in [1.165, 1.54) is 24.1 Å². The molecule has 3 heterocycles. The lowest BCUT2D eigenvalue weighted by Gasteiger charge is -2.32. The van der Waals surface area contributed by atoms with Gasteiger partial charge in [-0.2, -0.15) is 5.10 Å². The minimum atomic E-state index is 0.580. The molecule has 1 saturated heterocycles. The van der Waals surface area contributed by atoms with Crippen LogP contribution in [0.2, 0.25) is 0 Å². The fourth-order valence-electron chi connectivity index (χ4n) is 3.31. The maximum Gasteiger partial charge on any atom is 0.118 e. The highest BCUT2D eigenvalue weighted by molar-refractivity contribution is 5.21. The number of aromatic amines is 1. The van der Waals surface area contributed by atoms with Crippen LogP contribution in [0, 0.1) is 0 Å². The van der Waals surface area contributed by atoms with E-state index < -0.39 is 0 Å². The van der Waals surface area contributed by atoms with Gasteiger partial charge in [-0.05, 0) is 43.5 Å². The fourth-order valence-corrected chi connectivity index (χ4v) is 3.31. The van der Waals surface area contributed by atoms with Crippen LogP contribution in [0.5, 0.6) is 0 Å². The van der Waals surface area contributed by atoms with Gasteiger partial charge in [0.15, 0.2) is 0 Å². The summed E-state index contributed by atoms with van der Waals surface area (Å²) in [5.74, 6) is 2.75. The van der Waals surface area contributed by atoms with Crippen LogP contribution in [0.4, 0.5) is 0 Å². The predicted molar refractivity (Wildman–Crippen MR) is 83.3 cm³/mol. The summed E-state index contributed by atoms with van der Waals surface area (Å²) < 4.78 is 5.84. The molecule has 4 nitrogen and oxygen atoms in total. The second-order valence-corrected chi connectivity index (χ2v) is 5.96. The number of likely N-dealkylation sites (tertiary alicyclic amines) is 1. The number of nitrogens with zero attached hydrogens (tertiary/aromatic N) is 2. The topological polar surface area (TPSA) is 45.1 Å². The Morgan fingerprint density at radius 3 is 2.90 bits per heavy atom. The van der Waals surface area contributed by atoms with Crippen molar-refractivity contribution >= 4 is 0 Å². The summed E-state index contributed by atoms with van der Waals surface area (Å²) in [6, 6.07) is 4.22. The van der Waals surface area contributed by atoms with Crippen LogP contribution >= 0.6 is 0 Å². The highest BCUT2D eigenvalue weighted by atomic mass is 16.3. The third-order valence-corrected chi connectivity index (χ3v) is 4.49. The third-order valence-electron chi connectivity index (χ3n) is 4.49. The van der Waals surface area contributed by atoms with Gasteiger partial charge in [0.05, 0.1) is 12.7 Å². The van der Waals surface area contributed by atoms with E-state index in [0.29, 0.717) is 5.92 Å². The van der Waals surface area contributed by atoms with E-state index in [2.05, 4.69) is 41.1 Å². The molecule has 114 valence electrons. The van der Waals surface area contributed by atoms with Gasteiger partial charge in [0.25, 0.3) is 0 Å². The van der Waals surface area contributed by atoms with Gasteiger partial charge in [0, 0.05) is 24.6 Å². The first kappa shape index (κ1) is 14.4. The molecule has 4 heteroatoms. The zero-order valence-corrected chi connectivity index (χ0v) is 13.1. The van der Waals surface area contributed by atoms with Crippen molar-refractivity contribution in [2.75, 3.05) is 13.1 Å². The molecule has 0 aliphatic carbocycles. The maximum absolute atomic E-state index is 5.84. The Balaban J connectivity index is 1.65. The molecule has 21 heavy (non-hydrogen) atoms. The Labute approximate surface area is 126 Å². The van der Waals surface area contributed by atoms with Gasteiger partial charge in [0.2, 0.25) is 0 Å². The molecule has 0 aromatic carbocycles. The summed E-state index contributed by atoms with van der Waals surface area (Å²) in [5.41, 5.74) is 2.71. The number of aromatic nitrogens is 2. The molecular weight excluding hydrogens is 262 g/mol. The first-order chi connectivity index (χ1) is 10.3. The monoisotopic (exact) mass is 287 g/mol. The molecule has 0 radical (unpaired) electrons. The fraction of sp³-hybridized carbons (Fsp3) is 0.588. The quantitative estimate of drug-likeness (QED) is 0.915. The van der Waals surface area contributed by atoms with Gasteiger partial charge in [-0.1, -0.05) is 13.8 Å². The molecule has 0 unspecified atom stereocenters. The first-order valence-corrected chi connectivity index (χ1v) is 8.12. The number of furan rings is 1. The molecule has 3 rings (SSSR count). The molecule has 0 spiro atoms. The molecule has 0 bridgehead atoms. The Hall–Kier alpha value is -1.55. The van der Waals surface area contributed by atoms with Gasteiger partial charge < -0.3 is 4.42 Å². The minimum Gasteiger partial charge on any atom is -0.465 e. The van der Waals surface area contributed by atoms with Crippen LogP contribution in [0.15, 0.2) is 22.7 Å². The Bertz CT molecular complexity index is 572. The molecule has 1 fully saturated rings. The highest BCUT2D eigenvalue weighted by Crippen LogP contribution is 2.29. The molecule has 0 amide bonds. The molecule has 1 aliphatic rings. The molecular formula is C17H25N3O. The van der Waals surface area contributed by atoms with Gasteiger partial charge in [-0.3, -0.25) is 10.00 Å². The van der Waals surface area contributed by atoms with Crippen molar-refractivity contribution in [3.63, 3.8) is 0 Å².